The van der Waals surface area contributed by atoms with E-state index in [9.17, 15) is 13.6 Å². The van der Waals surface area contributed by atoms with E-state index in [0.717, 1.165) is 37.8 Å². The zero-order chi connectivity index (χ0) is 15.2. The van der Waals surface area contributed by atoms with E-state index in [1.165, 1.54) is 12.5 Å². The first kappa shape index (κ1) is 16.0. The highest BCUT2D eigenvalue weighted by Gasteiger charge is 2.24. The second-order valence-corrected chi connectivity index (χ2v) is 5.53. The van der Waals surface area contributed by atoms with E-state index in [2.05, 4.69) is 0 Å². The summed E-state index contributed by atoms with van der Waals surface area (Å²) in [5.74, 6) is -1.89. The van der Waals surface area contributed by atoms with Crippen molar-refractivity contribution in [1.29, 1.82) is 0 Å². The van der Waals surface area contributed by atoms with Crippen LogP contribution in [0.4, 0.5) is 8.78 Å². The Hall–Kier alpha value is -1.33. The number of halogens is 2. The van der Waals surface area contributed by atoms with Gasteiger partial charge in [0.25, 0.3) is 0 Å². The molecule has 21 heavy (non-hydrogen) atoms. The Labute approximate surface area is 123 Å². The van der Waals surface area contributed by atoms with Gasteiger partial charge in [-0.1, -0.05) is 19.3 Å². The molecule has 0 unspecified atom stereocenters. The standard InChI is InChI=1S/C16H21F2NO2/c17-12-6-7-14(15(18)10-12)16(21)11-19(8-9-20)13-4-2-1-3-5-13/h6-7,10,13,20H,1-5,8-9,11H2. The van der Waals surface area contributed by atoms with Crippen LogP contribution in [-0.4, -0.2) is 41.5 Å². The summed E-state index contributed by atoms with van der Waals surface area (Å²) in [4.78, 5) is 14.1. The minimum absolute atomic E-state index is 0.0321. The molecule has 1 aromatic rings. The van der Waals surface area contributed by atoms with Gasteiger partial charge in [-0.15, -0.1) is 0 Å². The molecule has 0 aromatic heterocycles. The van der Waals surface area contributed by atoms with Gasteiger partial charge >= 0.3 is 0 Å². The summed E-state index contributed by atoms with van der Waals surface area (Å²) in [6.07, 6.45) is 5.43. The van der Waals surface area contributed by atoms with Crippen molar-refractivity contribution in [3.8, 4) is 0 Å². The molecule has 0 aliphatic heterocycles. The predicted octanol–water partition coefficient (Wildman–Crippen LogP) is 2.77. The third-order valence-corrected chi connectivity index (χ3v) is 4.06. The van der Waals surface area contributed by atoms with Crippen molar-refractivity contribution >= 4 is 5.78 Å². The van der Waals surface area contributed by atoms with Crippen LogP contribution in [0.2, 0.25) is 0 Å². The molecule has 3 nitrogen and oxygen atoms in total. The van der Waals surface area contributed by atoms with Gasteiger partial charge in [0, 0.05) is 18.7 Å². The summed E-state index contributed by atoms with van der Waals surface area (Å²) in [6.45, 7) is 0.433. The van der Waals surface area contributed by atoms with Crippen LogP contribution < -0.4 is 0 Å². The zero-order valence-corrected chi connectivity index (χ0v) is 12.0. The first-order valence-electron chi connectivity index (χ1n) is 7.45. The average molecular weight is 297 g/mol. The van der Waals surface area contributed by atoms with Crippen molar-refractivity contribution in [1.82, 2.24) is 4.90 Å². The van der Waals surface area contributed by atoms with Crippen LogP contribution in [0.1, 0.15) is 42.5 Å². The Morgan fingerprint density at radius 1 is 1.24 bits per heavy atom. The van der Waals surface area contributed by atoms with E-state index in [1.54, 1.807) is 0 Å². The Kier molecular flexibility index (Phi) is 5.82. The van der Waals surface area contributed by atoms with E-state index >= 15 is 0 Å². The van der Waals surface area contributed by atoms with Gasteiger partial charge < -0.3 is 5.11 Å². The summed E-state index contributed by atoms with van der Waals surface area (Å²) in [6, 6.07) is 3.26. The van der Waals surface area contributed by atoms with Gasteiger partial charge in [-0.3, -0.25) is 9.69 Å². The number of carbonyl (C=O) groups excluding carboxylic acids is 1. The molecule has 1 aliphatic carbocycles. The maximum atomic E-state index is 13.7. The molecule has 1 fully saturated rings. The Bertz CT molecular complexity index is 487. The summed E-state index contributed by atoms with van der Waals surface area (Å²) >= 11 is 0. The number of ketones is 1. The number of benzene rings is 1. The molecule has 5 heteroatoms. The van der Waals surface area contributed by atoms with Gasteiger partial charge in [-0.2, -0.15) is 0 Å². The monoisotopic (exact) mass is 297 g/mol. The van der Waals surface area contributed by atoms with Crippen molar-refractivity contribution in [2.75, 3.05) is 19.7 Å². The van der Waals surface area contributed by atoms with Gasteiger partial charge in [-0.05, 0) is 25.0 Å². The van der Waals surface area contributed by atoms with Crippen LogP contribution >= 0.6 is 0 Å². The zero-order valence-electron chi connectivity index (χ0n) is 12.0. The van der Waals surface area contributed by atoms with Crippen LogP contribution in [0.25, 0.3) is 0 Å². The Balaban J connectivity index is 2.06. The van der Waals surface area contributed by atoms with Gasteiger partial charge in [0.05, 0.1) is 18.7 Å². The molecule has 0 amide bonds. The topological polar surface area (TPSA) is 40.5 Å². The number of hydrogen-bond donors (Lipinski definition) is 1. The normalized spacial score (nSPS) is 16.4. The third kappa shape index (κ3) is 4.32. The summed E-state index contributed by atoms with van der Waals surface area (Å²) in [7, 11) is 0. The minimum atomic E-state index is -0.826. The van der Waals surface area contributed by atoms with Gasteiger partial charge in [0.1, 0.15) is 11.6 Å². The van der Waals surface area contributed by atoms with Crippen molar-refractivity contribution in [3.63, 3.8) is 0 Å². The van der Waals surface area contributed by atoms with Crippen LogP contribution in [0.3, 0.4) is 0 Å². The summed E-state index contributed by atoms with van der Waals surface area (Å²) < 4.78 is 26.5. The number of Topliss-reactive ketones (excluding diaryl/α,β-unsaturated/α-hetero) is 1. The Morgan fingerprint density at radius 3 is 2.57 bits per heavy atom. The molecule has 1 N–H and O–H groups in total. The molecule has 2 rings (SSSR count). The molecular formula is C16H21F2NO2. The first-order chi connectivity index (χ1) is 10.1. The smallest absolute Gasteiger partial charge is 0.179 e. The van der Waals surface area contributed by atoms with E-state index in [4.69, 9.17) is 5.11 Å². The summed E-state index contributed by atoms with van der Waals surface area (Å²) in [5, 5.41) is 9.17. The van der Waals surface area contributed by atoms with Crippen molar-refractivity contribution < 1.29 is 18.7 Å². The van der Waals surface area contributed by atoms with Crippen LogP contribution in [-0.2, 0) is 0 Å². The van der Waals surface area contributed by atoms with Gasteiger partial charge in [-0.25, -0.2) is 8.78 Å². The second kappa shape index (κ2) is 7.61. The lowest BCUT2D eigenvalue weighted by Gasteiger charge is -2.33. The maximum Gasteiger partial charge on any atom is 0.179 e. The fraction of sp³-hybridized carbons (Fsp3) is 0.562. The second-order valence-electron chi connectivity index (χ2n) is 5.53. The van der Waals surface area contributed by atoms with Gasteiger partial charge in [0.2, 0.25) is 0 Å². The fourth-order valence-corrected chi connectivity index (χ4v) is 2.95. The SMILES string of the molecule is O=C(CN(CCO)C1CCCCC1)c1ccc(F)cc1F. The molecule has 1 aliphatic rings. The van der Waals surface area contributed by atoms with Crippen molar-refractivity contribution in [3.05, 3.63) is 35.4 Å². The lowest BCUT2D eigenvalue weighted by Crippen LogP contribution is -2.42. The number of aliphatic hydroxyl groups excluding tert-OH is 1. The molecule has 0 atom stereocenters. The highest BCUT2D eigenvalue weighted by atomic mass is 19.1. The number of carbonyl (C=O) groups is 1. The van der Waals surface area contributed by atoms with Crippen LogP contribution in [0, 0.1) is 11.6 Å². The van der Waals surface area contributed by atoms with Crippen LogP contribution in [0.5, 0.6) is 0 Å². The molecule has 0 heterocycles. The number of nitrogens with zero attached hydrogens (tertiary/aromatic N) is 1. The Morgan fingerprint density at radius 2 is 1.95 bits per heavy atom. The average Bonchev–Trinajstić information content (AvgIpc) is 2.47. The van der Waals surface area contributed by atoms with Crippen LogP contribution in [0.15, 0.2) is 18.2 Å². The quantitative estimate of drug-likeness (QED) is 0.821. The molecule has 1 aromatic carbocycles. The van der Waals surface area contributed by atoms with Crippen molar-refractivity contribution in [2.45, 2.75) is 38.1 Å². The largest absolute Gasteiger partial charge is 0.395 e. The molecule has 0 saturated heterocycles. The lowest BCUT2D eigenvalue weighted by molar-refractivity contribution is 0.0811. The third-order valence-electron chi connectivity index (χ3n) is 4.06. The molecule has 1 saturated carbocycles. The molecule has 0 radical (unpaired) electrons. The predicted molar refractivity (Wildman–Crippen MR) is 76.2 cm³/mol. The molecule has 0 bridgehead atoms. The molecule has 0 spiro atoms. The van der Waals surface area contributed by atoms with E-state index in [0.29, 0.717) is 6.54 Å². The van der Waals surface area contributed by atoms with E-state index < -0.39 is 11.6 Å². The molecular weight excluding hydrogens is 276 g/mol. The number of rotatable bonds is 6. The number of aliphatic hydroxyl groups is 1. The molecule has 116 valence electrons. The first-order valence-corrected chi connectivity index (χ1v) is 7.45. The highest BCUT2D eigenvalue weighted by Crippen LogP contribution is 2.23. The minimum Gasteiger partial charge on any atom is -0.395 e. The highest BCUT2D eigenvalue weighted by molar-refractivity contribution is 5.97. The maximum absolute atomic E-state index is 13.7. The van der Waals surface area contributed by atoms with E-state index in [1.807, 2.05) is 4.90 Å². The van der Waals surface area contributed by atoms with Crippen molar-refractivity contribution in [2.24, 2.45) is 0 Å². The number of hydrogen-bond acceptors (Lipinski definition) is 3. The fourth-order valence-electron chi connectivity index (χ4n) is 2.95. The lowest BCUT2D eigenvalue weighted by atomic mass is 9.93. The van der Waals surface area contributed by atoms with Gasteiger partial charge in [0.15, 0.2) is 5.78 Å². The summed E-state index contributed by atoms with van der Waals surface area (Å²) in [5.41, 5.74) is -0.0878. The van der Waals surface area contributed by atoms with E-state index in [-0.39, 0.29) is 30.5 Å².